The highest BCUT2D eigenvalue weighted by atomic mass is 16.5. The van der Waals surface area contributed by atoms with Crippen LogP contribution in [-0.4, -0.2) is 0 Å². The Labute approximate surface area is 367 Å². The quantitative estimate of drug-likeness (QED) is 0.173. The number of benzene rings is 9. The molecule has 1 atom stereocenters. The number of ether oxygens (including phenoxy) is 1. The van der Waals surface area contributed by atoms with Gasteiger partial charge in [-0.1, -0.05) is 172 Å². The lowest BCUT2D eigenvalue weighted by atomic mass is 9.69. The summed E-state index contributed by atoms with van der Waals surface area (Å²) in [6.07, 6.45) is 0. The number of furan rings is 1. The fraction of sp³-hybridized carbons (Fsp3) is 0.0667. The van der Waals surface area contributed by atoms with Gasteiger partial charge in [0.1, 0.15) is 16.7 Å². The summed E-state index contributed by atoms with van der Waals surface area (Å²) < 4.78 is 13.7. The number of fused-ring (bicyclic) bond motifs is 14. The Morgan fingerprint density at radius 3 is 1.67 bits per heavy atom. The van der Waals surface area contributed by atoms with Crippen molar-refractivity contribution < 1.29 is 9.15 Å². The van der Waals surface area contributed by atoms with E-state index in [-0.39, 0.29) is 5.41 Å². The van der Waals surface area contributed by atoms with E-state index in [1.165, 1.54) is 66.8 Å². The highest BCUT2D eigenvalue weighted by Crippen LogP contribution is 2.64. The normalized spacial score (nSPS) is 15.8. The monoisotopic (exact) mass is 807 g/mol. The molecule has 63 heavy (non-hydrogen) atoms. The minimum atomic E-state index is -0.709. The highest BCUT2D eigenvalue weighted by Gasteiger charge is 2.54. The summed E-state index contributed by atoms with van der Waals surface area (Å²) in [6, 6.07) is 77.0. The van der Waals surface area contributed by atoms with Crippen molar-refractivity contribution in [3.63, 3.8) is 0 Å². The highest BCUT2D eigenvalue weighted by molar-refractivity contribution is 5.95. The number of rotatable bonds is 5. The Kier molecular flexibility index (Phi) is 7.57. The number of hydrogen-bond donors (Lipinski definition) is 0. The molecule has 0 bridgehead atoms. The largest absolute Gasteiger partial charge is 0.455 e. The van der Waals surface area contributed by atoms with Crippen molar-refractivity contribution in [2.24, 2.45) is 0 Å². The molecule has 3 heteroatoms. The smallest absolute Gasteiger partial charge is 0.178 e. The number of para-hydroxylation sites is 2. The average Bonchev–Trinajstić information content (AvgIpc) is 3.93. The fourth-order valence-corrected chi connectivity index (χ4v) is 11.0. The molecule has 2 heterocycles. The summed E-state index contributed by atoms with van der Waals surface area (Å²) in [6.45, 7) is 4.71. The van der Waals surface area contributed by atoms with Gasteiger partial charge in [-0.05, 0) is 121 Å². The third kappa shape index (κ3) is 5.08. The Balaban J connectivity index is 0.993. The first-order valence-electron chi connectivity index (χ1n) is 21.8. The lowest BCUT2D eigenvalue weighted by molar-refractivity contribution is 0.389. The van der Waals surface area contributed by atoms with E-state index in [9.17, 15) is 0 Å². The second-order valence-corrected chi connectivity index (χ2v) is 17.6. The van der Waals surface area contributed by atoms with Gasteiger partial charge in [-0.15, -0.1) is 0 Å². The van der Waals surface area contributed by atoms with Crippen molar-refractivity contribution in [1.82, 2.24) is 0 Å². The Morgan fingerprint density at radius 2 is 0.905 bits per heavy atom. The van der Waals surface area contributed by atoms with Crippen molar-refractivity contribution in [3.8, 4) is 56.0 Å². The van der Waals surface area contributed by atoms with Gasteiger partial charge in [-0.25, -0.2) is 0 Å². The number of hydrogen-bond acceptors (Lipinski definition) is 3. The van der Waals surface area contributed by atoms with E-state index in [0.717, 1.165) is 50.9 Å². The molecular formula is C60H41NO2. The first-order valence-corrected chi connectivity index (χ1v) is 21.8. The van der Waals surface area contributed by atoms with E-state index in [1.54, 1.807) is 0 Å². The van der Waals surface area contributed by atoms with Crippen LogP contribution in [0.2, 0.25) is 0 Å². The van der Waals surface area contributed by atoms with Gasteiger partial charge in [0, 0.05) is 28.0 Å². The first-order chi connectivity index (χ1) is 31.0. The summed E-state index contributed by atoms with van der Waals surface area (Å²) in [5.74, 6) is 2.46. The van der Waals surface area contributed by atoms with Crippen LogP contribution < -0.4 is 9.64 Å². The van der Waals surface area contributed by atoms with E-state index in [1.807, 2.05) is 12.1 Å². The minimum absolute atomic E-state index is 0.145. The molecule has 10 aromatic rings. The van der Waals surface area contributed by atoms with Crippen LogP contribution in [0, 0.1) is 0 Å². The molecule has 298 valence electrons. The predicted molar refractivity (Wildman–Crippen MR) is 257 cm³/mol. The van der Waals surface area contributed by atoms with E-state index >= 15 is 0 Å². The Morgan fingerprint density at radius 1 is 0.381 bits per heavy atom. The predicted octanol–water partition coefficient (Wildman–Crippen LogP) is 16.0. The standard InChI is InChI=1S/C60H41NO2/c1-59(2)50-19-9-6-16-45(50)47-34-32-44(37-54(47)59)61(42-30-28-41(29-31-42)40-26-24-39(25-27-40)38-14-4-3-5-15-38)43-33-35-52-49(36-43)46-17-7-10-20-51(46)60(52)53-21-11-13-23-56(53)62-57-48-18-8-12-22-55(48)63-58(57)60/h3-37H,1-2H3. The maximum Gasteiger partial charge on any atom is 0.178 e. The zero-order valence-electron chi connectivity index (χ0n) is 35.0. The van der Waals surface area contributed by atoms with Crippen LogP contribution in [0.5, 0.6) is 11.5 Å². The average molecular weight is 808 g/mol. The minimum Gasteiger partial charge on any atom is -0.455 e. The molecule has 3 aliphatic rings. The van der Waals surface area contributed by atoms with Crippen LogP contribution in [0.1, 0.15) is 47.4 Å². The van der Waals surface area contributed by atoms with Gasteiger partial charge in [0.2, 0.25) is 0 Å². The van der Waals surface area contributed by atoms with Gasteiger partial charge in [0.05, 0.1) is 5.39 Å². The summed E-state index contributed by atoms with van der Waals surface area (Å²) >= 11 is 0. The summed E-state index contributed by atoms with van der Waals surface area (Å²) in [7, 11) is 0. The second-order valence-electron chi connectivity index (χ2n) is 17.6. The SMILES string of the molecule is CC1(C)c2ccccc2-c2ccc(N(c3ccc(-c4ccc(-c5ccccc5)cc4)cc3)c3ccc4c(c3)-c3ccccc3C43c4ccccc4Oc4c3oc3ccccc43)cc21. The maximum absolute atomic E-state index is 6.95. The van der Waals surface area contributed by atoms with Gasteiger partial charge < -0.3 is 14.1 Å². The van der Waals surface area contributed by atoms with Crippen LogP contribution >= 0.6 is 0 Å². The third-order valence-electron chi connectivity index (χ3n) is 14.0. The number of anilines is 3. The molecule has 0 radical (unpaired) electrons. The second kappa shape index (κ2) is 13.3. The van der Waals surface area contributed by atoms with Gasteiger partial charge >= 0.3 is 0 Å². The van der Waals surface area contributed by atoms with E-state index in [4.69, 9.17) is 9.15 Å². The Bertz CT molecular complexity index is 3450. The van der Waals surface area contributed by atoms with E-state index in [0.29, 0.717) is 0 Å². The molecule has 0 saturated heterocycles. The van der Waals surface area contributed by atoms with Crippen molar-refractivity contribution >= 4 is 28.0 Å². The lowest BCUT2D eigenvalue weighted by Crippen LogP contribution is -2.31. The van der Waals surface area contributed by atoms with E-state index < -0.39 is 5.41 Å². The van der Waals surface area contributed by atoms with Crippen LogP contribution in [0.4, 0.5) is 17.1 Å². The molecule has 1 unspecified atom stereocenters. The van der Waals surface area contributed by atoms with Crippen LogP contribution in [-0.2, 0) is 10.8 Å². The molecule has 1 spiro atoms. The molecule has 0 fully saturated rings. The van der Waals surface area contributed by atoms with Gasteiger partial charge in [0.25, 0.3) is 0 Å². The summed E-state index contributed by atoms with van der Waals surface area (Å²) in [4.78, 5) is 2.43. The molecule has 3 nitrogen and oxygen atoms in total. The molecule has 0 saturated carbocycles. The summed E-state index contributed by atoms with van der Waals surface area (Å²) in [5, 5.41) is 0.979. The maximum atomic E-state index is 6.95. The van der Waals surface area contributed by atoms with Crippen LogP contribution in [0.25, 0.3) is 55.5 Å². The van der Waals surface area contributed by atoms with Gasteiger partial charge in [0.15, 0.2) is 11.5 Å². The fourth-order valence-electron chi connectivity index (χ4n) is 11.0. The lowest BCUT2D eigenvalue weighted by Gasteiger charge is -2.36. The Hall–Kier alpha value is -7.88. The molecule has 0 amide bonds. The number of nitrogens with zero attached hydrogens (tertiary/aromatic N) is 1. The molecule has 1 aromatic heterocycles. The molecule has 9 aromatic carbocycles. The molecule has 13 rings (SSSR count). The van der Waals surface area contributed by atoms with Crippen molar-refractivity contribution in [3.05, 3.63) is 246 Å². The molecule has 2 aliphatic carbocycles. The third-order valence-corrected chi connectivity index (χ3v) is 14.0. The van der Waals surface area contributed by atoms with Crippen LogP contribution in [0.15, 0.2) is 217 Å². The van der Waals surface area contributed by atoms with Crippen molar-refractivity contribution in [2.75, 3.05) is 4.90 Å². The van der Waals surface area contributed by atoms with Crippen LogP contribution in [0.3, 0.4) is 0 Å². The van der Waals surface area contributed by atoms with Crippen molar-refractivity contribution in [2.45, 2.75) is 24.7 Å². The zero-order valence-corrected chi connectivity index (χ0v) is 35.0. The molecule has 1 aliphatic heterocycles. The molecular weight excluding hydrogens is 767 g/mol. The molecule has 0 N–H and O–H groups in total. The van der Waals surface area contributed by atoms with E-state index in [2.05, 4.69) is 219 Å². The zero-order chi connectivity index (χ0) is 41.9. The topological polar surface area (TPSA) is 25.6 Å². The van der Waals surface area contributed by atoms with Gasteiger partial charge in [-0.3, -0.25) is 0 Å². The summed E-state index contributed by atoms with van der Waals surface area (Å²) in [5.41, 5.74) is 19.2. The first kappa shape index (κ1) is 35.8. The van der Waals surface area contributed by atoms with Gasteiger partial charge in [-0.2, -0.15) is 0 Å². The van der Waals surface area contributed by atoms with Crippen molar-refractivity contribution in [1.29, 1.82) is 0 Å².